The van der Waals surface area contributed by atoms with Crippen molar-refractivity contribution in [1.82, 2.24) is 20.1 Å². The second kappa shape index (κ2) is 10.2. The molecule has 31 heavy (non-hydrogen) atoms. The Bertz CT molecular complexity index is 1070. The van der Waals surface area contributed by atoms with E-state index in [1.165, 1.54) is 30.0 Å². The lowest BCUT2D eigenvalue weighted by Crippen LogP contribution is -2.29. The van der Waals surface area contributed by atoms with Gasteiger partial charge in [-0.3, -0.25) is 9.59 Å². The summed E-state index contributed by atoms with van der Waals surface area (Å²) in [6.07, 6.45) is 0. The van der Waals surface area contributed by atoms with Crippen LogP contribution in [0.15, 0.2) is 53.7 Å². The van der Waals surface area contributed by atoms with Crippen molar-refractivity contribution in [3.05, 3.63) is 71.3 Å². The second-order valence-electron chi connectivity index (χ2n) is 6.70. The Morgan fingerprint density at radius 2 is 1.87 bits per heavy atom. The van der Waals surface area contributed by atoms with Gasteiger partial charge in [-0.25, -0.2) is 4.39 Å². The van der Waals surface area contributed by atoms with Crippen LogP contribution < -0.4 is 10.1 Å². The quantitative estimate of drug-likeness (QED) is 0.399. The average Bonchev–Trinajstić information content (AvgIpc) is 3.20. The number of carbonyl (C=O) groups excluding carboxylic acids is 2. The molecule has 1 aromatic heterocycles. The molecule has 3 aromatic rings. The fourth-order valence-corrected chi connectivity index (χ4v) is 3.90. The molecule has 0 fully saturated rings. The highest BCUT2D eigenvalue weighted by atomic mass is 32.2. The molecule has 0 radical (unpaired) electrons. The summed E-state index contributed by atoms with van der Waals surface area (Å²) in [7, 11) is 1.57. The summed E-state index contributed by atoms with van der Waals surface area (Å²) in [5, 5.41) is 11.7. The number of nitrogens with zero attached hydrogens (tertiary/aromatic N) is 3. The predicted molar refractivity (Wildman–Crippen MR) is 116 cm³/mol. The van der Waals surface area contributed by atoms with E-state index in [4.69, 9.17) is 4.74 Å². The lowest BCUT2D eigenvalue weighted by atomic mass is 10.1. The normalized spacial score (nSPS) is 11.7. The highest BCUT2D eigenvalue weighted by Gasteiger charge is 2.21. The number of nitrogens with one attached hydrogen (secondary N) is 1. The summed E-state index contributed by atoms with van der Waals surface area (Å²) in [5.41, 5.74) is 0.554. The van der Waals surface area contributed by atoms with Crippen molar-refractivity contribution in [3.63, 3.8) is 0 Å². The first kappa shape index (κ1) is 22.5. The van der Waals surface area contributed by atoms with E-state index in [0.29, 0.717) is 28.8 Å². The Hall–Kier alpha value is -3.20. The molecule has 1 heterocycles. The minimum atomic E-state index is -0.586. The van der Waals surface area contributed by atoms with Crippen molar-refractivity contribution in [1.29, 1.82) is 0 Å². The van der Waals surface area contributed by atoms with Crippen LogP contribution in [0.2, 0.25) is 0 Å². The largest absolute Gasteiger partial charge is 0.497 e. The van der Waals surface area contributed by atoms with E-state index in [1.807, 2.05) is 11.5 Å². The van der Waals surface area contributed by atoms with Crippen LogP contribution in [0.4, 0.5) is 4.39 Å². The van der Waals surface area contributed by atoms with Gasteiger partial charge in [0.05, 0.1) is 24.5 Å². The molecule has 1 atom stereocenters. The van der Waals surface area contributed by atoms with Crippen molar-refractivity contribution >= 4 is 23.5 Å². The zero-order valence-electron chi connectivity index (χ0n) is 17.5. The molecule has 0 aliphatic rings. The minimum Gasteiger partial charge on any atom is -0.497 e. The summed E-state index contributed by atoms with van der Waals surface area (Å²) >= 11 is 1.28. The molecule has 0 aliphatic heterocycles. The standard InChI is InChI=1S/C22H23FN4O3S/c1-4-27-20(14(2)24-21(29)17-7-5-6-8-18(17)23)25-26-22(27)31-13-19(28)15-9-11-16(30-3)12-10-15/h5-12,14H,4,13H2,1-3H3,(H,24,29). The second-order valence-corrected chi connectivity index (χ2v) is 7.64. The van der Waals surface area contributed by atoms with E-state index in [0.717, 1.165) is 0 Å². The molecule has 1 unspecified atom stereocenters. The van der Waals surface area contributed by atoms with Crippen LogP contribution >= 0.6 is 11.8 Å². The number of aromatic nitrogens is 3. The maximum atomic E-state index is 13.9. The SMILES string of the molecule is CCn1c(SCC(=O)c2ccc(OC)cc2)nnc1C(C)NC(=O)c1ccccc1F. The molecule has 0 saturated heterocycles. The van der Waals surface area contributed by atoms with Crippen LogP contribution in [-0.4, -0.2) is 39.3 Å². The molecule has 0 spiro atoms. The summed E-state index contributed by atoms with van der Waals surface area (Å²) in [4.78, 5) is 24.9. The molecule has 0 aliphatic carbocycles. The fourth-order valence-electron chi connectivity index (χ4n) is 3.00. The first-order valence-corrected chi connectivity index (χ1v) is 10.7. The smallest absolute Gasteiger partial charge is 0.254 e. The molecule has 1 N–H and O–H groups in total. The Morgan fingerprint density at radius 1 is 1.16 bits per heavy atom. The molecule has 2 aromatic carbocycles. The van der Waals surface area contributed by atoms with Gasteiger partial charge in [0.15, 0.2) is 16.8 Å². The first-order valence-electron chi connectivity index (χ1n) is 9.73. The maximum absolute atomic E-state index is 13.9. The van der Waals surface area contributed by atoms with Crippen LogP contribution in [0.3, 0.4) is 0 Å². The number of amides is 1. The summed E-state index contributed by atoms with van der Waals surface area (Å²) in [5.74, 6) is 0.261. The number of benzene rings is 2. The van der Waals surface area contributed by atoms with Gasteiger partial charge in [-0.1, -0.05) is 23.9 Å². The van der Waals surface area contributed by atoms with E-state index in [-0.39, 0.29) is 17.1 Å². The maximum Gasteiger partial charge on any atom is 0.254 e. The van der Waals surface area contributed by atoms with E-state index in [9.17, 15) is 14.0 Å². The zero-order valence-corrected chi connectivity index (χ0v) is 18.3. The van der Waals surface area contributed by atoms with E-state index in [2.05, 4.69) is 15.5 Å². The summed E-state index contributed by atoms with van der Waals surface area (Å²) < 4.78 is 20.8. The Morgan fingerprint density at radius 3 is 2.52 bits per heavy atom. The number of hydrogen-bond donors (Lipinski definition) is 1. The van der Waals surface area contributed by atoms with Crippen LogP contribution in [0.1, 0.15) is 46.4 Å². The van der Waals surface area contributed by atoms with Crippen molar-refractivity contribution in [3.8, 4) is 5.75 Å². The molecule has 1 amide bonds. The Labute approximate surface area is 184 Å². The van der Waals surface area contributed by atoms with Gasteiger partial charge in [-0.15, -0.1) is 10.2 Å². The molecule has 7 nitrogen and oxygen atoms in total. The number of carbonyl (C=O) groups is 2. The van der Waals surface area contributed by atoms with Crippen LogP contribution in [-0.2, 0) is 6.54 Å². The van der Waals surface area contributed by atoms with Crippen molar-refractivity contribution < 1.29 is 18.7 Å². The predicted octanol–water partition coefficient (Wildman–Crippen LogP) is 3.91. The van der Waals surface area contributed by atoms with Crippen LogP contribution in [0.5, 0.6) is 5.75 Å². The monoisotopic (exact) mass is 442 g/mol. The summed E-state index contributed by atoms with van der Waals surface area (Å²) in [6, 6.07) is 12.2. The highest BCUT2D eigenvalue weighted by molar-refractivity contribution is 7.99. The molecule has 162 valence electrons. The van der Waals surface area contributed by atoms with Crippen molar-refractivity contribution in [2.24, 2.45) is 0 Å². The van der Waals surface area contributed by atoms with Crippen LogP contribution in [0, 0.1) is 5.82 Å². The molecule has 3 rings (SSSR count). The number of thioether (sulfide) groups is 1. The molecular formula is C22H23FN4O3S. The molecule has 0 bridgehead atoms. The van der Waals surface area contributed by atoms with Gasteiger partial charge in [0.25, 0.3) is 5.91 Å². The van der Waals surface area contributed by atoms with Crippen LogP contribution in [0.25, 0.3) is 0 Å². The van der Waals surface area contributed by atoms with E-state index >= 15 is 0 Å². The summed E-state index contributed by atoms with van der Waals surface area (Å²) in [6.45, 7) is 4.24. The van der Waals surface area contributed by atoms with Crippen molar-refractivity contribution in [2.75, 3.05) is 12.9 Å². The van der Waals surface area contributed by atoms with E-state index in [1.54, 1.807) is 44.4 Å². The number of ketones is 1. The fraction of sp³-hybridized carbons (Fsp3) is 0.273. The Balaban J connectivity index is 1.67. The number of Topliss-reactive ketones (excluding diaryl/α,β-unsaturated/α-hetero) is 1. The number of hydrogen-bond acceptors (Lipinski definition) is 6. The first-order chi connectivity index (χ1) is 14.9. The van der Waals surface area contributed by atoms with Gasteiger partial charge in [-0.2, -0.15) is 0 Å². The van der Waals surface area contributed by atoms with Gasteiger partial charge in [0.1, 0.15) is 11.6 Å². The van der Waals surface area contributed by atoms with Gasteiger partial charge in [0, 0.05) is 12.1 Å². The number of rotatable bonds is 9. The van der Waals surface area contributed by atoms with Gasteiger partial charge < -0.3 is 14.6 Å². The Kier molecular flexibility index (Phi) is 7.41. The number of methoxy groups -OCH3 is 1. The molecule has 9 heteroatoms. The van der Waals surface area contributed by atoms with Gasteiger partial charge >= 0.3 is 0 Å². The molecule has 0 saturated carbocycles. The average molecular weight is 443 g/mol. The van der Waals surface area contributed by atoms with E-state index < -0.39 is 17.8 Å². The topological polar surface area (TPSA) is 86.1 Å². The van der Waals surface area contributed by atoms with Gasteiger partial charge in [-0.05, 0) is 50.2 Å². The lowest BCUT2D eigenvalue weighted by Gasteiger charge is -2.15. The number of ether oxygens (including phenoxy) is 1. The highest BCUT2D eigenvalue weighted by Crippen LogP contribution is 2.22. The third-order valence-electron chi connectivity index (χ3n) is 4.66. The van der Waals surface area contributed by atoms with Crippen molar-refractivity contribution in [2.45, 2.75) is 31.6 Å². The lowest BCUT2D eigenvalue weighted by molar-refractivity contribution is 0.0932. The number of halogens is 1. The molecular weight excluding hydrogens is 419 g/mol. The zero-order chi connectivity index (χ0) is 22.4. The minimum absolute atomic E-state index is 0.0309. The third-order valence-corrected chi connectivity index (χ3v) is 5.63. The third kappa shape index (κ3) is 5.29. The van der Waals surface area contributed by atoms with Gasteiger partial charge in [0.2, 0.25) is 0 Å².